The van der Waals surface area contributed by atoms with Crippen molar-refractivity contribution in [2.75, 3.05) is 5.75 Å². The molecule has 2 atom stereocenters. The van der Waals surface area contributed by atoms with Crippen molar-refractivity contribution < 1.29 is 14.7 Å². The number of carboxylic acids is 1. The quantitative estimate of drug-likeness (QED) is 0.898. The van der Waals surface area contributed by atoms with Crippen LogP contribution in [0.1, 0.15) is 24.0 Å². The summed E-state index contributed by atoms with van der Waals surface area (Å²) in [5.74, 6) is -0.482. The molecule has 0 saturated carbocycles. The molecule has 1 aromatic rings. The van der Waals surface area contributed by atoms with Crippen LogP contribution in [0.5, 0.6) is 0 Å². The molecule has 5 heteroatoms. The molecule has 0 bridgehead atoms. The fourth-order valence-electron chi connectivity index (χ4n) is 2.94. The van der Waals surface area contributed by atoms with Crippen molar-refractivity contribution in [3.63, 3.8) is 0 Å². The first-order chi connectivity index (χ1) is 9.04. The van der Waals surface area contributed by atoms with E-state index in [-0.39, 0.29) is 5.91 Å². The number of carboxylic acid groups (broad SMARTS) is 1. The topological polar surface area (TPSA) is 57.6 Å². The Kier molecular flexibility index (Phi) is 2.82. The maximum Gasteiger partial charge on any atom is 0.327 e. The fraction of sp³-hybridized carbons (Fsp3) is 0.429. The number of amides is 1. The molecule has 2 aliphatic heterocycles. The number of thioether (sulfide) groups is 1. The summed E-state index contributed by atoms with van der Waals surface area (Å²) in [7, 11) is 0. The van der Waals surface area contributed by atoms with Crippen LogP contribution in [0.2, 0.25) is 0 Å². The van der Waals surface area contributed by atoms with Gasteiger partial charge in [-0.2, -0.15) is 0 Å². The molecule has 19 heavy (non-hydrogen) atoms. The predicted octanol–water partition coefficient (Wildman–Crippen LogP) is 1.97. The molecule has 0 aromatic heterocycles. The SMILES string of the molecule is Cc1ccc([C@@]23CCC(=O)N2[C@H](C(=O)O)CS3)cc1. The minimum Gasteiger partial charge on any atom is -0.480 e. The van der Waals surface area contributed by atoms with Crippen molar-refractivity contribution in [3.8, 4) is 0 Å². The number of benzene rings is 1. The molecule has 1 aromatic carbocycles. The van der Waals surface area contributed by atoms with E-state index in [0.717, 1.165) is 11.1 Å². The van der Waals surface area contributed by atoms with E-state index in [0.29, 0.717) is 18.6 Å². The van der Waals surface area contributed by atoms with Crippen molar-refractivity contribution in [2.45, 2.75) is 30.7 Å². The third-order valence-electron chi connectivity index (χ3n) is 3.91. The van der Waals surface area contributed by atoms with Crippen LogP contribution in [0.4, 0.5) is 0 Å². The molecular formula is C14H15NO3S. The number of carbonyl (C=O) groups is 2. The number of nitrogens with zero attached hydrogens (tertiary/aromatic N) is 1. The lowest BCUT2D eigenvalue weighted by Gasteiger charge is -2.33. The summed E-state index contributed by atoms with van der Waals surface area (Å²) in [5, 5.41) is 9.28. The van der Waals surface area contributed by atoms with Crippen LogP contribution >= 0.6 is 11.8 Å². The van der Waals surface area contributed by atoms with Crippen molar-refractivity contribution in [1.29, 1.82) is 0 Å². The van der Waals surface area contributed by atoms with E-state index in [1.807, 2.05) is 31.2 Å². The number of rotatable bonds is 2. The average Bonchev–Trinajstić information content (AvgIpc) is 2.90. The molecule has 3 rings (SSSR count). The Balaban J connectivity index is 2.05. The van der Waals surface area contributed by atoms with Crippen molar-refractivity contribution in [1.82, 2.24) is 4.90 Å². The van der Waals surface area contributed by atoms with E-state index in [1.54, 1.807) is 16.7 Å². The van der Waals surface area contributed by atoms with Gasteiger partial charge in [-0.15, -0.1) is 11.8 Å². The van der Waals surface area contributed by atoms with E-state index < -0.39 is 16.9 Å². The summed E-state index contributed by atoms with van der Waals surface area (Å²) in [6.45, 7) is 2.01. The summed E-state index contributed by atoms with van der Waals surface area (Å²) in [6, 6.07) is 7.36. The van der Waals surface area contributed by atoms with E-state index in [4.69, 9.17) is 0 Å². The van der Waals surface area contributed by atoms with Gasteiger partial charge in [0.1, 0.15) is 10.9 Å². The molecule has 1 N–H and O–H groups in total. The van der Waals surface area contributed by atoms with Gasteiger partial charge in [0, 0.05) is 12.2 Å². The zero-order chi connectivity index (χ0) is 13.6. The van der Waals surface area contributed by atoms with Gasteiger partial charge in [-0.3, -0.25) is 4.79 Å². The molecule has 1 amide bonds. The zero-order valence-electron chi connectivity index (χ0n) is 10.6. The molecular weight excluding hydrogens is 262 g/mol. The smallest absolute Gasteiger partial charge is 0.327 e. The van der Waals surface area contributed by atoms with Crippen molar-refractivity contribution >= 4 is 23.6 Å². The number of hydrogen-bond donors (Lipinski definition) is 1. The summed E-state index contributed by atoms with van der Waals surface area (Å²) in [6.07, 6.45) is 1.13. The minimum absolute atomic E-state index is 0.0435. The molecule has 2 aliphatic rings. The van der Waals surface area contributed by atoms with Crippen LogP contribution in [0.25, 0.3) is 0 Å². The maximum atomic E-state index is 12.1. The normalized spacial score (nSPS) is 29.6. The Labute approximate surface area is 115 Å². The van der Waals surface area contributed by atoms with Gasteiger partial charge < -0.3 is 10.0 Å². The molecule has 100 valence electrons. The molecule has 0 unspecified atom stereocenters. The van der Waals surface area contributed by atoms with Crippen molar-refractivity contribution in [3.05, 3.63) is 35.4 Å². The van der Waals surface area contributed by atoms with E-state index in [1.165, 1.54) is 0 Å². The number of aryl methyl sites for hydroxylation is 1. The molecule has 4 nitrogen and oxygen atoms in total. The Hall–Kier alpha value is -1.49. The van der Waals surface area contributed by atoms with Gasteiger partial charge in [-0.25, -0.2) is 4.79 Å². The van der Waals surface area contributed by atoms with Gasteiger partial charge in [-0.1, -0.05) is 29.8 Å². The van der Waals surface area contributed by atoms with E-state index in [2.05, 4.69) is 0 Å². The minimum atomic E-state index is -0.906. The van der Waals surface area contributed by atoms with Gasteiger partial charge in [0.05, 0.1) is 0 Å². The maximum absolute atomic E-state index is 12.1. The first-order valence-corrected chi connectivity index (χ1v) is 7.29. The first kappa shape index (κ1) is 12.5. The highest BCUT2D eigenvalue weighted by Gasteiger charge is 2.56. The zero-order valence-corrected chi connectivity index (χ0v) is 11.4. The van der Waals surface area contributed by atoms with Gasteiger partial charge in [0.2, 0.25) is 5.91 Å². The Morgan fingerprint density at radius 2 is 2.11 bits per heavy atom. The number of fused-ring (bicyclic) bond motifs is 1. The molecule has 2 saturated heterocycles. The highest BCUT2D eigenvalue weighted by Crippen LogP contribution is 2.54. The number of aliphatic carboxylic acids is 1. The lowest BCUT2D eigenvalue weighted by Crippen LogP contribution is -2.45. The summed E-state index contributed by atoms with van der Waals surface area (Å²) < 4.78 is 0. The Morgan fingerprint density at radius 3 is 2.74 bits per heavy atom. The van der Waals surface area contributed by atoms with Gasteiger partial charge >= 0.3 is 5.97 Å². The lowest BCUT2D eigenvalue weighted by atomic mass is 10.0. The lowest BCUT2D eigenvalue weighted by molar-refractivity contribution is -0.148. The third-order valence-corrected chi connectivity index (χ3v) is 5.51. The molecule has 0 aliphatic carbocycles. The highest BCUT2D eigenvalue weighted by atomic mass is 32.2. The van der Waals surface area contributed by atoms with Crippen LogP contribution in [0.3, 0.4) is 0 Å². The van der Waals surface area contributed by atoms with Crippen LogP contribution in [-0.4, -0.2) is 33.7 Å². The number of hydrogen-bond acceptors (Lipinski definition) is 3. The third kappa shape index (κ3) is 1.75. The number of carbonyl (C=O) groups excluding carboxylic acids is 1. The monoisotopic (exact) mass is 277 g/mol. The Morgan fingerprint density at radius 1 is 1.42 bits per heavy atom. The van der Waals surface area contributed by atoms with Crippen LogP contribution in [-0.2, 0) is 14.5 Å². The van der Waals surface area contributed by atoms with E-state index in [9.17, 15) is 14.7 Å². The highest BCUT2D eigenvalue weighted by molar-refractivity contribution is 8.00. The molecule has 0 spiro atoms. The summed E-state index contributed by atoms with van der Waals surface area (Å²) in [5.41, 5.74) is 2.20. The van der Waals surface area contributed by atoms with Crippen LogP contribution in [0.15, 0.2) is 24.3 Å². The second-order valence-corrected chi connectivity index (χ2v) is 6.38. The van der Waals surface area contributed by atoms with E-state index >= 15 is 0 Å². The standard InChI is InChI=1S/C14H15NO3S/c1-9-2-4-10(5-3-9)14-7-6-12(16)15(14)11(8-19-14)13(17)18/h2-5,11H,6-8H2,1H3,(H,17,18)/t11-,14-/m0/s1. The first-order valence-electron chi connectivity index (χ1n) is 6.31. The second-order valence-electron chi connectivity index (χ2n) is 5.08. The van der Waals surface area contributed by atoms with Gasteiger partial charge in [0.25, 0.3) is 0 Å². The van der Waals surface area contributed by atoms with Crippen molar-refractivity contribution in [2.24, 2.45) is 0 Å². The van der Waals surface area contributed by atoms with Crippen LogP contribution in [0, 0.1) is 6.92 Å². The predicted molar refractivity (Wildman–Crippen MR) is 72.8 cm³/mol. The van der Waals surface area contributed by atoms with Gasteiger partial charge in [-0.05, 0) is 18.9 Å². The average molecular weight is 277 g/mol. The largest absolute Gasteiger partial charge is 0.480 e. The molecule has 2 fully saturated rings. The summed E-state index contributed by atoms with van der Waals surface area (Å²) >= 11 is 1.58. The fourth-order valence-corrected chi connectivity index (χ4v) is 4.58. The van der Waals surface area contributed by atoms with Crippen LogP contribution < -0.4 is 0 Å². The Bertz CT molecular complexity index is 542. The summed E-state index contributed by atoms with van der Waals surface area (Å²) in [4.78, 5) is 24.5. The van der Waals surface area contributed by atoms with Gasteiger partial charge in [0.15, 0.2) is 0 Å². The molecule has 2 heterocycles. The second kappa shape index (κ2) is 4.27. The molecule has 0 radical (unpaired) electrons.